The van der Waals surface area contributed by atoms with Gasteiger partial charge < -0.3 is 10.2 Å². The molecule has 3 rings (SSSR count). The number of hydrogen-bond donors (Lipinski definition) is 1. The Morgan fingerprint density at radius 2 is 1.95 bits per heavy atom. The van der Waals surface area contributed by atoms with E-state index >= 15 is 0 Å². The lowest BCUT2D eigenvalue weighted by Crippen LogP contribution is -2.36. The predicted molar refractivity (Wildman–Crippen MR) is 83.7 cm³/mol. The van der Waals surface area contributed by atoms with E-state index in [9.17, 15) is 0 Å². The minimum atomic E-state index is 0.699. The molecule has 3 nitrogen and oxygen atoms in total. The first-order valence-corrected chi connectivity index (χ1v) is 7.98. The summed E-state index contributed by atoms with van der Waals surface area (Å²) in [5.41, 5.74) is 1.44. The lowest BCUT2D eigenvalue weighted by atomic mass is 10.1. The number of likely N-dealkylation sites (tertiary alicyclic amines) is 2. The zero-order valence-corrected chi connectivity index (χ0v) is 12.6. The van der Waals surface area contributed by atoms with Crippen molar-refractivity contribution in [2.45, 2.75) is 25.4 Å². The molecular weight excluding hydrogens is 246 g/mol. The maximum Gasteiger partial charge on any atom is 0.0234 e. The fourth-order valence-electron chi connectivity index (χ4n) is 3.51. The van der Waals surface area contributed by atoms with E-state index in [0.29, 0.717) is 6.04 Å². The molecule has 2 heterocycles. The van der Waals surface area contributed by atoms with Gasteiger partial charge >= 0.3 is 0 Å². The Balaban J connectivity index is 1.39. The van der Waals surface area contributed by atoms with Gasteiger partial charge in [0.15, 0.2) is 0 Å². The van der Waals surface area contributed by atoms with Gasteiger partial charge in [-0.3, -0.25) is 4.90 Å². The second kappa shape index (κ2) is 6.70. The summed E-state index contributed by atoms with van der Waals surface area (Å²) in [6.07, 6.45) is 2.67. The number of hydrogen-bond acceptors (Lipinski definition) is 3. The number of nitrogens with one attached hydrogen (secondary N) is 1. The van der Waals surface area contributed by atoms with Gasteiger partial charge in [0, 0.05) is 32.2 Å². The standard InChI is InChI=1S/C17H27N3/c1-19-9-7-16(12-19)11-18-17-8-10-20(14-17)13-15-5-3-2-4-6-15/h2-6,16-18H,7-14H2,1H3. The average Bonchev–Trinajstić information content (AvgIpc) is 3.07. The highest BCUT2D eigenvalue weighted by molar-refractivity contribution is 5.14. The van der Waals surface area contributed by atoms with Crippen molar-refractivity contribution < 1.29 is 0 Å². The first kappa shape index (κ1) is 14.1. The molecule has 2 unspecified atom stereocenters. The maximum atomic E-state index is 3.79. The second-order valence-corrected chi connectivity index (χ2v) is 6.53. The third kappa shape index (κ3) is 3.81. The van der Waals surface area contributed by atoms with Gasteiger partial charge in [0.05, 0.1) is 0 Å². The van der Waals surface area contributed by atoms with Crippen LogP contribution < -0.4 is 5.32 Å². The minimum absolute atomic E-state index is 0.699. The molecule has 0 spiro atoms. The smallest absolute Gasteiger partial charge is 0.0234 e. The van der Waals surface area contributed by atoms with Gasteiger partial charge in [-0.25, -0.2) is 0 Å². The molecule has 2 aliphatic rings. The second-order valence-electron chi connectivity index (χ2n) is 6.53. The van der Waals surface area contributed by atoms with Gasteiger partial charge in [-0.05, 0) is 44.5 Å². The molecule has 2 saturated heterocycles. The highest BCUT2D eigenvalue weighted by Crippen LogP contribution is 2.16. The summed E-state index contributed by atoms with van der Waals surface area (Å²) in [5, 5.41) is 3.79. The van der Waals surface area contributed by atoms with Crippen LogP contribution in [0.5, 0.6) is 0 Å². The predicted octanol–water partition coefficient (Wildman–Crippen LogP) is 1.80. The first-order valence-electron chi connectivity index (χ1n) is 7.98. The molecule has 0 saturated carbocycles. The normalized spacial score (nSPS) is 28.2. The molecule has 1 aromatic rings. The van der Waals surface area contributed by atoms with Crippen LogP contribution in [0.4, 0.5) is 0 Å². The fourth-order valence-corrected chi connectivity index (χ4v) is 3.51. The largest absolute Gasteiger partial charge is 0.312 e. The number of rotatable bonds is 5. The van der Waals surface area contributed by atoms with Gasteiger partial charge in [0.1, 0.15) is 0 Å². The van der Waals surface area contributed by atoms with Crippen LogP contribution in [0, 0.1) is 5.92 Å². The third-order valence-corrected chi connectivity index (χ3v) is 4.71. The molecule has 1 aromatic carbocycles. The Hall–Kier alpha value is -0.900. The Morgan fingerprint density at radius 3 is 2.70 bits per heavy atom. The molecule has 0 aromatic heterocycles. The third-order valence-electron chi connectivity index (χ3n) is 4.71. The van der Waals surface area contributed by atoms with Crippen molar-refractivity contribution in [1.29, 1.82) is 0 Å². The van der Waals surface area contributed by atoms with Crippen molar-refractivity contribution in [2.75, 3.05) is 39.8 Å². The lowest BCUT2D eigenvalue weighted by molar-refractivity contribution is 0.316. The summed E-state index contributed by atoms with van der Waals surface area (Å²) in [6, 6.07) is 11.5. The maximum absolute atomic E-state index is 3.79. The van der Waals surface area contributed by atoms with Crippen LogP contribution in [-0.2, 0) is 6.54 Å². The van der Waals surface area contributed by atoms with Crippen LogP contribution in [0.1, 0.15) is 18.4 Å². The molecule has 3 heteroatoms. The fraction of sp³-hybridized carbons (Fsp3) is 0.647. The molecular formula is C17H27N3. The van der Waals surface area contributed by atoms with Crippen molar-refractivity contribution in [2.24, 2.45) is 5.92 Å². The number of nitrogens with zero attached hydrogens (tertiary/aromatic N) is 2. The van der Waals surface area contributed by atoms with E-state index in [2.05, 4.69) is 52.5 Å². The van der Waals surface area contributed by atoms with E-state index in [0.717, 1.165) is 12.5 Å². The van der Waals surface area contributed by atoms with Crippen LogP contribution in [-0.4, -0.2) is 55.6 Å². The zero-order chi connectivity index (χ0) is 13.8. The molecule has 110 valence electrons. The molecule has 0 aliphatic carbocycles. The van der Waals surface area contributed by atoms with Crippen molar-refractivity contribution in [1.82, 2.24) is 15.1 Å². The summed E-state index contributed by atoms with van der Waals surface area (Å²) in [7, 11) is 2.23. The van der Waals surface area contributed by atoms with E-state index in [1.807, 2.05) is 0 Å². The topological polar surface area (TPSA) is 18.5 Å². The van der Waals surface area contributed by atoms with Gasteiger partial charge in [0.2, 0.25) is 0 Å². The molecule has 2 atom stereocenters. The summed E-state index contributed by atoms with van der Waals surface area (Å²) in [5.74, 6) is 0.864. The van der Waals surface area contributed by atoms with E-state index in [1.54, 1.807) is 0 Å². The molecule has 0 bridgehead atoms. The first-order chi connectivity index (χ1) is 9.79. The monoisotopic (exact) mass is 273 g/mol. The summed E-state index contributed by atoms with van der Waals surface area (Å²) >= 11 is 0. The van der Waals surface area contributed by atoms with Crippen molar-refractivity contribution in [3.63, 3.8) is 0 Å². The molecule has 0 radical (unpaired) electrons. The Morgan fingerprint density at radius 1 is 1.10 bits per heavy atom. The highest BCUT2D eigenvalue weighted by Gasteiger charge is 2.24. The summed E-state index contributed by atoms with van der Waals surface area (Å²) in [4.78, 5) is 5.02. The minimum Gasteiger partial charge on any atom is -0.312 e. The number of benzene rings is 1. The Kier molecular flexibility index (Phi) is 4.71. The lowest BCUT2D eigenvalue weighted by Gasteiger charge is -2.18. The van der Waals surface area contributed by atoms with Crippen LogP contribution >= 0.6 is 0 Å². The van der Waals surface area contributed by atoms with Gasteiger partial charge in [0.25, 0.3) is 0 Å². The van der Waals surface area contributed by atoms with Crippen molar-refractivity contribution in [3.8, 4) is 0 Å². The van der Waals surface area contributed by atoms with Gasteiger partial charge in [-0.2, -0.15) is 0 Å². The van der Waals surface area contributed by atoms with E-state index < -0.39 is 0 Å². The van der Waals surface area contributed by atoms with Gasteiger partial charge in [-0.1, -0.05) is 30.3 Å². The van der Waals surface area contributed by atoms with Crippen LogP contribution in [0.3, 0.4) is 0 Å². The van der Waals surface area contributed by atoms with Crippen molar-refractivity contribution in [3.05, 3.63) is 35.9 Å². The van der Waals surface area contributed by atoms with Crippen LogP contribution in [0.2, 0.25) is 0 Å². The molecule has 1 N–H and O–H groups in total. The molecule has 2 aliphatic heterocycles. The van der Waals surface area contributed by atoms with Crippen molar-refractivity contribution >= 4 is 0 Å². The molecule has 2 fully saturated rings. The molecule has 20 heavy (non-hydrogen) atoms. The van der Waals surface area contributed by atoms with E-state index in [-0.39, 0.29) is 0 Å². The van der Waals surface area contributed by atoms with Gasteiger partial charge in [-0.15, -0.1) is 0 Å². The van der Waals surface area contributed by atoms with Crippen LogP contribution in [0.25, 0.3) is 0 Å². The van der Waals surface area contributed by atoms with Crippen LogP contribution in [0.15, 0.2) is 30.3 Å². The summed E-state index contributed by atoms with van der Waals surface area (Å²) in [6.45, 7) is 7.29. The molecule has 0 amide bonds. The van der Waals surface area contributed by atoms with E-state index in [4.69, 9.17) is 0 Å². The Labute approximate surface area is 123 Å². The summed E-state index contributed by atoms with van der Waals surface area (Å²) < 4.78 is 0. The highest BCUT2D eigenvalue weighted by atomic mass is 15.2. The zero-order valence-electron chi connectivity index (χ0n) is 12.6. The SMILES string of the molecule is CN1CCC(CNC2CCN(Cc3ccccc3)C2)C1. The average molecular weight is 273 g/mol. The Bertz CT molecular complexity index is 406. The van der Waals surface area contributed by atoms with E-state index in [1.165, 1.54) is 51.1 Å². The quantitative estimate of drug-likeness (QED) is 0.882.